The first-order chi connectivity index (χ1) is 8.35. The van der Waals surface area contributed by atoms with Gasteiger partial charge in [-0.25, -0.2) is 8.42 Å². The third-order valence-electron chi connectivity index (χ3n) is 2.76. The van der Waals surface area contributed by atoms with Crippen LogP contribution in [0.3, 0.4) is 0 Å². The first-order valence-corrected chi connectivity index (χ1v) is 7.70. The number of thioether (sulfide) groups is 1. The van der Waals surface area contributed by atoms with Gasteiger partial charge in [0.1, 0.15) is 6.04 Å². The molecule has 0 aliphatic carbocycles. The zero-order chi connectivity index (χ0) is 13.5. The van der Waals surface area contributed by atoms with Gasteiger partial charge < -0.3 is 5.11 Å². The van der Waals surface area contributed by atoms with Gasteiger partial charge in [0.05, 0.1) is 11.6 Å². The molecular weight excluding hydrogens is 278 g/mol. The molecule has 1 aliphatic heterocycles. The van der Waals surface area contributed by atoms with Gasteiger partial charge >= 0.3 is 5.97 Å². The maximum atomic E-state index is 12.4. The smallest absolute Gasteiger partial charge is 0.322 e. The SMILES string of the molecule is CC1SCC(C(=O)O)N1S(=O)(=O)c1ccnn1C. The molecule has 0 amide bonds. The third kappa shape index (κ3) is 2.02. The van der Waals surface area contributed by atoms with Crippen molar-refractivity contribution < 1.29 is 18.3 Å². The highest BCUT2D eigenvalue weighted by Gasteiger charge is 2.45. The van der Waals surface area contributed by atoms with Gasteiger partial charge in [0.15, 0.2) is 5.03 Å². The second-order valence-electron chi connectivity index (χ2n) is 3.91. The Morgan fingerprint density at radius 3 is 2.78 bits per heavy atom. The standard InChI is InChI=1S/C9H13N3O4S2/c1-6-12(7(5-17-6)9(13)14)18(15,16)8-3-4-10-11(8)2/h3-4,6-7H,5H2,1-2H3,(H,13,14). The lowest BCUT2D eigenvalue weighted by molar-refractivity contribution is -0.140. The Bertz CT molecular complexity index is 568. The highest BCUT2D eigenvalue weighted by atomic mass is 32.2. The number of nitrogens with zero attached hydrogens (tertiary/aromatic N) is 3. The molecule has 7 nitrogen and oxygen atoms in total. The van der Waals surface area contributed by atoms with Crippen LogP contribution in [0.2, 0.25) is 0 Å². The highest BCUT2D eigenvalue weighted by molar-refractivity contribution is 8.01. The first-order valence-electron chi connectivity index (χ1n) is 5.21. The topological polar surface area (TPSA) is 92.5 Å². The molecule has 100 valence electrons. The Balaban J connectivity index is 2.46. The van der Waals surface area contributed by atoms with Crippen molar-refractivity contribution in [1.82, 2.24) is 14.1 Å². The minimum Gasteiger partial charge on any atom is -0.480 e. The number of carboxylic acid groups (broad SMARTS) is 1. The van der Waals surface area contributed by atoms with Crippen LogP contribution in [-0.4, -0.2) is 50.7 Å². The van der Waals surface area contributed by atoms with Crippen LogP contribution in [0, 0.1) is 0 Å². The van der Waals surface area contributed by atoms with Gasteiger partial charge in [-0.1, -0.05) is 0 Å². The van der Waals surface area contributed by atoms with Crippen molar-refractivity contribution >= 4 is 27.8 Å². The molecule has 1 fully saturated rings. The molecule has 2 atom stereocenters. The molecule has 0 saturated carbocycles. The summed E-state index contributed by atoms with van der Waals surface area (Å²) in [6.45, 7) is 1.68. The summed E-state index contributed by atoms with van der Waals surface area (Å²) < 4.78 is 27.1. The number of aromatic nitrogens is 2. The van der Waals surface area contributed by atoms with Crippen LogP contribution in [0.25, 0.3) is 0 Å². The zero-order valence-corrected chi connectivity index (χ0v) is 11.5. The summed E-state index contributed by atoms with van der Waals surface area (Å²) in [6, 6.07) is 0.342. The molecule has 2 unspecified atom stereocenters. The average molecular weight is 291 g/mol. The Morgan fingerprint density at radius 2 is 2.28 bits per heavy atom. The van der Waals surface area contributed by atoms with Gasteiger partial charge in [0.2, 0.25) is 0 Å². The number of hydrogen-bond acceptors (Lipinski definition) is 5. The molecule has 1 N–H and O–H groups in total. The van der Waals surface area contributed by atoms with E-state index in [1.54, 1.807) is 6.92 Å². The lowest BCUT2D eigenvalue weighted by Crippen LogP contribution is -2.45. The molecule has 1 saturated heterocycles. The van der Waals surface area contributed by atoms with Crippen LogP contribution in [-0.2, 0) is 21.9 Å². The first kappa shape index (κ1) is 13.4. The lowest BCUT2D eigenvalue weighted by atomic mass is 10.3. The number of carbonyl (C=O) groups is 1. The molecule has 0 spiro atoms. The highest BCUT2D eigenvalue weighted by Crippen LogP contribution is 2.33. The molecule has 2 heterocycles. The van der Waals surface area contributed by atoms with E-state index in [1.165, 1.54) is 35.8 Å². The van der Waals surface area contributed by atoms with Gasteiger partial charge in [0, 0.05) is 12.8 Å². The maximum absolute atomic E-state index is 12.4. The normalized spacial score (nSPS) is 25.4. The molecule has 0 radical (unpaired) electrons. The maximum Gasteiger partial charge on any atom is 0.322 e. The van der Waals surface area contributed by atoms with E-state index in [0.717, 1.165) is 4.31 Å². The van der Waals surface area contributed by atoms with Crippen molar-refractivity contribution in [2.75, 3.05) is 5.75 Å². The van der Waals surface area contributed by atoms with Crippen LogP contribution >= 0.6 is 11.8 Å². The molecule has 9 heteroatoms. The van der Waals surface area contributed by atoms with Crippen LogP contribution in [0.4, 0.5) is 0 Å². The number of aliphatic carboxylic acids is 1. The fraction of sp³-hybridized carbons (Fsp3) is 0.556. The number of sulfonamides is 1. The van der Waals surface area contributed by atoms with E-state index < -0.39 is 27.4 Å². The number of hydrogen-bond donors (Lipinski definition) is 1. The van der Waals surface area contributed by atoms with Gasteiger partial charge in [-0.2, -0.15) is 9.40 Å². The molecule has 1 aromatic heterocycles. The molecule has 0 aromatic carbocycles. The van der Waals surface area contributed by atoms with Crippen molar-refractivity contribution in [2.24, 2.45) is 7.05 Å². The van der Waals surface area contributed by atoms with Crippen molar-refractivity contribution in [3.05, 3.63) is 12.3 Å². The van der Waals surface area contributed by atoms with E-state index in [-0.39, 0.29) is 10.8 Å². The Morgan fingerprint density at radius 1 is 1.61 bits per heavy atom. The predicted molar refractivity (Wildman–Crippen MR) is 65.6 cm³/mol. The zero-order valence-electron chi connectivity index (χ0n) is 9.85. The van der Waals surface area contributed by atoms with Crippen molar-refractivity contribution in [2.45, 2.75) is 23.4 Å². The quantitative estimate of drug-likeness (QED) is 0.840. The van der Waals surface area contributed by atoms with Crippen molar-refractivity contribution in [3.8, 4) is 0 Å². The summed E-state index contributed by atoms with van der Waals surface area (Å²) in [5.41, 5.74) is 0. The number of aryl methyl sites for hydroxylation is 1. The molecule has 18 heavy (non-hydrogen) atoms. The van der Waals surface area contributed by atoms with Crippen LogP contribution in [0.1, 0.15) is 6.92 Å². The van der Waals surface area contributed by atoms with Crippen molar-refractivity contribution in [3.63, 3.8) is 0 Å². The van der Waals surface area contributed by atoms with E-state index in [1.807, 2.05) is 0 Å². The van der Waals surface area contributed by atoms with Crippen LogP contribution < -0.4 is 0 Å². The van der Waals surface area contributed by atoms with E-state index in [0.29, 0.717) is 0 Å². The van der Waals surface area contributed by atoms with E-state index >= 15 is 0 Å². The third-order valence-corrected chi connectivity index (χ3v) is 6.17. The molecule has 1 aliphatic rings. The van der Waals surface area contributed by atoms with E-state index in [2.05, 4.69) is 5.10 Å². The molecule has 0 bridgehead atoms. The fourth-order valence-electron chi connectivity index (χ4n) is 1.90. The van der Waals surface area contributed by atoms with E-state index in [9.17, 15) is 13.2 Å². The second kappa shape index (κ2) is 4.56. The fourth-order valence-corrected chi connectivity index (χ4v) is 5.29. The summed E-state index contributed by atoms with van der Waals surface area (Å²) >= 11 is 1.31. The van der Waals surface area contributed by atoms with Gasteiger partial charge in [-0.3, -0.25) is 9.48 Å². The summed E-state index contributed by atoms with van der Waals surface area (Å²) in [5.74, 6) is -0.870. The minimum atomic E-state index is -3.84. The molecule has 1 aromatic rings. The Labute approximate surface area is 109 Å². The number of carboxylic acids is 1. The van der Waals surface area contributed by atoms with Gasteiger partial charge in [-0.15, -0.1) is 11.8 Å². The average Bonchev–Trinajstić information content (AvgIpc) is 2.84. The van der Waals surface area contributed by atoms with Crippen molar-refractivity contribution in [1.29, 1.82) is 0 Å². The Kier molecular flexibility index (Phi) is 3.39. The monoisotopic (exact) mass is 291 g/mol. The summed E-state index contributed by atoms with van der Waals surface area (Å²) in [6.07, 6.45) is 1.37. The number of rotatable bonds is 3. The van der Waals surface area contributed by atoms with Crippen LogP contribution in [0.15, 0.2) is 17.3 Å². The lowest BCUT2D eigenvalue weighted by Gasteiger charge is -2.23. The Hall–Kier alpha value is -1.06. The summed E-state index contributed by atoms with van der Waals surface area (Å²) in [7, 11) is -2.33. The summed E-state index contributed by atoms with van der Waals surface area (Å²) in [4.78, 5) is 11.1. The largest absolute Gasteiger partial charge is 0.480 e. The van der Waals surface area contributed by atoms with Gasteiger partial charge in [0.25, 0.3) is 10.0 Å². The summed E-state index contributed by atoms with van der Waals surface area (Å²) in [5, 5.41) is 12.5. The van der Waals surface area contributed by atoms with Gasteiger partial charge in [-0.05, 0) is 13.0 Å². The predicted octanol–water partition coefficient (Wildman–Crippen LogP) is -0.0432. The second-order valence-corrected chi connectivity index (χ2v) is 7.05. The molecular formula is C9H13N3O4S2. The minimum absolute atomic E-state index is 0.00287. The molecule has 2 rings (SSSR count). The van der Waals surface area contributed by atoms with E-state index in [4.69, 9.17) is 5.11 Å². The van der Waals surface area contributed by atoms with Crippen LogP contribution in [0.5, 0.6) is 0 Å².